The second-order valence-corrected chi connectivity index (χ2v) is 4.64. The number of pyridine rings is 1. The van der Waals surface area contributed by atoms with Crippen LogP contribution in [0.4, 0.5) is 5.82 Å². The number of carbonyl (C=O) groups is 1. The zero-order valence-corrected chi connectivity index (χ0v) is 11.7. The Morgan fingerprint density at radius 3 is 2.90 bits per heavy atom. The van der Waals surface area contributed by atoms with Crippen LogP contribution in [0.5, 0.6) is 5.75 Å². The average Bonchev–Trinajstić information content (AvgIpc) is 2.45. The number of hydrogen-bond donors (Lipinski definition) is 1. The molecule has 2 aromatic rings. The van der Waals surface area contributed by atoms with E-state index in [9.17, 15) is 4.79 Å². The van der Waals surface area contributed by atoms with Gasteiger partial charge in [-0.2, -0.15) is 0 Å². The number of ether oxygens (including phenoxy) is 1. The van der Waals surface area contributed by atoms with Crippen molar-refractivity contribution in [2.24, 2.45) is 0 Å². The highest BCUT2D eigenvalue weighted by Crippen LogP contribution is 2.27. The minimum absolute atomic E-state index is 0.165. The number of carboxylic acids is 1. The van der Waals surface area contributed by atoms with Gasteiger partial charge < -0.3 is 14.7 Å². The number of fused-ring (bicyclic) bond motifs is 1. The average molecular weight is 274 g/mol. The van der Waals surface area contributed by atoms with Gasteiger partial charge >= 0.3 is 5.97 Å². The van der Waals surface area contributed by atoms with E-state index in [0.29, 0.717) is 13.0 Å². The van der Waals surface area contributed by atoms with Crippen molar-refractivity contribution in [1.29, 1.82) is 0 Å². The molecule has 0 unspecified atom stereocenters. The summed E-state index contributed by atoms with van der Waals surface area (Å²) in [4.78, 5) is 16.9. The smallest absolute Gasteiger partial charge is 0.303 e. The summed E-state index contributed by atoms with van der Waals surface area (Å²) < 4.78 is 5.25. The van der Waals surface area contributed by atoms with Gasteiger partial charge in [-0.15, -0.1) is 0 Å². The largest absolute Gasteiger partial charge is 0.497 e. The number of carboxylic acid groups (broad SMARTS) is 1. The molecule has 0 atom stereocenters. The molecule has 0 spiro atoms. The lowest BCUT2D eigenvalue weighted by atomic mass is 10.1. The van der Waals surface area contributed by atoms with Gasteiger partial charge in [0.25, 0.3) is 0 Å². The van der Waals surface area contributed by atoms with Crippen LogP contribution in [-0.2, 0) is 4.79 Å². The molecule has 0 radical (unpaired) electrons. The molecule has 5 heteroatoms. The molecule has 0 saturated carbocycles. The van der Waals surface area contributed by atoms with E-state index in [1.165, 1.54) is 0 Å². The first-order valence-corrected chi connectivity index (χ1v) is 6.47. The van der Waals surface area contributed by atoms with Crippen LogP contribution in [0.2, 0.25) is 0 Å². The summed E-state index contributed by atoms with van der Waals surface area (Å²) in [5.41, 5.74) is 0. The summed E-state index contributed by atoms with van der Waals surface area (Å²) in [6, 6.07) is 7.80. The number of benzene rings is 1. The van der Waals surface area contributed by atoms with Gasteiger partial charge in [0.1, 0.15) is 11.6 Å². The number of anilines is 1. The third-order valence-corrected chi connectivity index (χ3v) is 3.20. The Morgan fingerprint density at radius 2 is 2.20 bits per heavy atom. The molecule has 0 aliphatic heterocycles. The maximum Gasteiger partial charge on any atom is 0.303 e. The van der Waals surface area contributed by atoms with Crippen LogP contribution in [0.15, 0.2) is 30.5 Å². The Morgan fingerprint density at radius 1 is 1.40 bits per heavy atom. The summed E-state index contributed by atoms with van der Waals surface area (Å²) in [6.07, 6.45) is 2.52. The number of aromatic nitrogens is 1. The molecule has 2 rings (SSSR count). The van der Waals surface area contributed by atoms with Gasteiger partial charge in [0.15, 0.2) is 0 Å². The van der Waals surface area contributed by atoms with E-state index in [1.54, 1.807) is 13.3 Å². The highest BCUT2D eigenvalue weighted by atomic mass is 16.5. The van der Waals surface area contributed by atoms with E-state index >= 15 is 0 Å². The number of hydrogen-bond acceptors (Lipinski definition) is 4. The molecule has 1 N–H and O–H groups in total. The molecule has 0 saturated heterocycles. The standard InChI is InChI=1S/C15H18N2O3/c1-17(9-3-4-14(18)19)15-13-10-12(20-2)6-5-11(13)7-8-16-15/h5-8,10H,3-4,9H2,1-2H3,(H,18,19). The second kappa shape index (κ2) is 6.23. The Labute approximate surface area is 117 Å². The summed E-state index contributed by atoms with van der Waals surface area (Å²) in [6.45, 7) is 0.648. The maximum atomic E-state index is 10.6. The van der Waals surface area contributed by atoms with Crippen LogP contribution in [0.1, 0.15) is 12.8 Å². The Balaban J connectivity index is 2.25. The van der Waals surface area contributed by atoms with E-state index in [-0.39, 0.29) is 6.42 Å². The van der Waals surface area contributed by atoms with Crippen LogP contribution < -0.4 is 9.64 Å². The van der Waals surface area contributed by atoms with E-state index in [4.69, 9.17) is 9.84 Å². The highest BCUT2D eigenvalue weighted by Gasteiger charge is 2.09. The first-order valence-electron chi connectivity index (χ1n) is 6.47. The van der Waals surface area contributed by atoms with Crippen molar-refractivity contribution in [3.8, 4) is 5.75 Å². The zero-order chi connectivity index (χ0) is 14.5. The molecule has 1 aromatic heterocycles. The number of rotatable bonds is 6. The molecular weight excluding hydrogens is 256 g/mol. The monoisotopic (exact) mass is 274 g/mol. The second-order valence-electron chi connectivity index (χ2n) is 4.64. The van der Waals surface area contributed by atoms with Crippen molar-refractivity contribution in [3.05, 3.63) is 30.5 Å². The van der Waals surface area contributed by atoms with Crippen molar-refractivity contribution in [3.63, 3.8) is 0 Å². The number of nitrogens with zero attached hydrogens (tertiary/aromatic N) is 2. The van der Waals surface area contributed by atoms with Crippen LogP contribution >= 0.6 is 0 Å². The summed E-state index contributed by atoms with van der Waals surface area (Å²) >= 11 is 0. The topological polar surface area (TPSA) is 62.7 Å². The van der Waals surface area contributed by atoms with E-state index in [2.05, 4.69) is 4.98 Å². The van der Waals surface area contributed by atoms with Gasteiger partial charge in [-0.1, -0.05) is 6.07 Å². The van der Waals surface area contributed by atoms with Crippen LogP contribution in [0.25, 0.3) is 10.8 Å². The van der Waals surface area contributed by atoms with Gasteiger partial charge in [0, 0.05) is 31.6 Å². The maximum absolute atomic E-state index is 10.6. The van der Waals surface area contributed by atoms with Crippen molar-refractivity contribution in [1.82, 2.24) is 4.98 Å². The first-order chi connectivity index (χ1) is 9.61. The number of methoxy groups -OCH3 is 1. The minimum atomic E-state index is -0.772. The van der Waals surface area contributed by atoms with Gasteiger partial charge in [-0.05, 0) is 30.0 Å². The lowest BCUT2D eigenvalue weighted by molar-refractivity contribution is -0.137. The summed E-state index contributed by atoms with van der Waals surface area (Å²) in [5, 5.41) is 10.8. The van der Waals surface area contributed by atoms with Gasteiger partial charge in [-0.3, -0.25) is 4.79 Å². The normalized spacial score (nSPS) is 10.5. The minimum Gasteiger partial charge on any atom is -0.497 e. The SMILES string of the molecule is COc1ccc2ccnc(N(C)CCCC(=O)O)c2c1. The van der Waals surface area contributed by atoms with Crippen molar-refractivity contribution in [2.45, 2.75) is 12.8 Å². The van der Waals surface area contributed by atoms with Crippen LogP contribution in [0, 0.1) is 0 Å². The summed E-state index contributed by atoms with van der Waals surface area (Å²) in [5.74, 6) is 0.850. The van der Waals surface area contributed by atoms with E-state index in [0.717, 1.165) is 22.3 Å². The van der Waals surface area contributed by atoms with E-state index < -0.39 is 5.97 Å². The lowest BCUT2D eigenvalue weighted by Gasteiger charge is -2.19. The fourth-order valence-corrected chi connectivity index (χ4v) is 2.14. The van der Waals surface area contributed by atoms with Gasteiger partial charge in [-0.25, -0.2) is 4.98 Å². The quantitative estimate of drug-likeness (QED) is 0.877. The van der Waals surface area contributed by atoms with Crippen LogP contribution in [-0.4, -0.2) is 36.8 Å². The molecule has 0 fully saturated rings. The molecule has 1 aromatic carbocycles. The first kappa shape index (κ1) is 14.1. The van der Waals surface area contributed by atoms with Crippen LogP contribution in [0.3, 0.4) is 0 Å². The highest BCUT2D eigenvalue weighted by molar-refractivity contribution is 5.93. The molecule has 0 amide bonds. The molecule has 0 aliphatic carbocycles. The third-order valence-electron chi connectivity index (χ3n) is 3.20. The predicted molar refractivity (Wildman–Crippen MR) is 78.4 cm³/mol. The Bertz CT molecular complexity index is 613. The van der Waals surface area contributed by atoms with Gasteiger partial charge in [0.05, 0.1) is 7.11 Å². The molecule has 0 bridgehead atoms. The summed E-state index contributed by atoms with van der Waals surface area (Å²) in [7, 11) is 3.55. The third kappa shape index (κ3) is 3.17. The van der Waals surface area contributed by atoms with Crippen molar-refractivity contribution >= 4 is 22.6 Å². The molecule has 106 valence electrons. The van der Waals surface area contributed by atoms with E-state index in [1.807, 2.05) is 36.2 Å². The molecule has 5 nitrogen and oxygen atoms in total. The lowest BCUT2D eigenvalue weighted by Crippen LogP contribution is -2.20. The fraction of sp³-hybridized carbons (Fsp3) is 0.333. The Kier molecular flexibility index (Phi) is 4.40. The predicted octanol–water partition coefficient (Wildman–Crippen LogP) is 2.54. The van der Waals surface area contributed by atoms with Gasteiger partial charge in [0.2, 0.25) is 0 Å². The molecular formula is C15H18N2O3. The Hall–Kier alpha value is -2.30. The zero-order valence-electron chi connectivity index (χ0n) is 11.7. The fourth-order valence-electron chi connectivity index (χ4n) is 2.14. The molecule has 1 heterocycles. The van der Waals surface area contributed by atoms with Crippen molar-refractivity contribution in [2.75, 3.05) is 25.6 Å². The molecule has 20 heavy (non-hydrogen) atoms. The number of aliphatic carboxylic acids is 1. The molecule has 0 aliphatic rings. The van der Waals surface area contributed by atoms with Crippen molar-refractivity contribution < 1.29 is 14.6 Å².